The van der Waals surface area contributed by atoms with E-state index in [0.29, 0.717) is 12.3 Å². The molecule has 1 aliphatic heterocycles. The van der Waals surface area contributed by atoms with Crippen LogP contribution in [0.4, 0.5) is 0 Å². The molecule has 28 heavy (non-hydrogen) atoms. The van der Waals surface area contributed by atoms with Crippen molar-refractivity contribution in [2.24, 2.45) is 17.3 Å². The van der Waals surface area contributed by atoms with Crippen molar-refractivity contribution < 1.29 is 19.4 Å². The minimum atomic E-state index is -0.834. The summed E-state index contributed by atoms with van der Waals surface area (Å²) in [6.07, 6.45) is 4.04. The summed E-state index contributed by atoms with van der Waals surface area (Å²) >= 11 is 0. The molecule has 1 N–H and O–H groups in total. The van der Waals surface area contributed by atoms with Crippen LogP contribution in [0.3, 0.4) is 0 Å². The van der Waals surface area contributed by atoms with Crippen LogP contribution in [0, 0.1) is 17.3 Å². The SMILES string of the molecule is COC(=O)[C@H]1[C@H](C(C)(C)C)C(O)[C@@H](c2ccccc2)N1C(=O)CC1CCCC1. The Morgan fingerprint density at radius 3 is 2.29 bits per heavy atom. The minimum absolute atomic E-state index is 0.0537. The highest BCUT2D eigenvalue weighted by atomic mass is 16.5. The molecule has 2 fully saturated rings. The Morgan fingerprint density at radius 2 is 1.75 bits per heavy atom. The number of carbonyl (C=O) groups excluding carboxylic acids is 2. The van der Waals surface area contributed by atoms with E-state index >= 15 is 0 Å². The van der Waals surface area contributed by atoms with Crippen LogP contribution in [0.15, 0.2) is 30.3 Å². The van der Waals surface area contributed by atoms with Gasteiger partial charge in [-0.15, -0.1) is 0 Å². The van der Waals surface area contributed by atoms with Gasteiger partial charge in [0, 0.05) is 12.3 Å². The third-order valence-corrected chi connectivity index (χ3v) is 6.44. The van der Waals surface area contributed by atoms with E-state index in [-0.39, 0.29) is 11.3 Å². The molecular weight excluding hydrogens is 354 g/mol. The van der Waals surface area contributed by atoms with E-state index in [1.165, 1.54) is 7.11 Å². The van der Waals surface area contributed by atoms with Gasteiger partial charge in [0.15, 0.2) is 0 Å². The monoisotopic (exact) mass is 387 g/mol. The Balaban J connectivity index is 2.03. The standard InChI is InChI=1S/C23H33NO4/c1-23(2,3)18-20(22(27)28-4)24(17(25)14-15-10-8-9-11-15)19(21(18)26)16-12-6-5-7-13-16/h5-7,12-13,15,18-21,26H,8-11,14H2,1-4H3/t18-,19+,20+,21?/m0/s1. The number of benzene rings is 1. The van der Waals surface area contributed by atoms with E-state index < -0.39 is 30.1 Å². The number of aliphatic hydroxyl groups is 1. The number of nitrogens with zero attached hydrogens (tertiary/aromatic N) is 1. The Kier molecular flexibility index (Phi) is 6.13. The van der Waals surface area contributed by atoms with Crippen LogP contribution in [0.5, 0.6) is 0 Å². The molecule has 154 valence electrons. The van der Waals surface area contributed by atoms with Gasteiger partial charge in [0.25, 0.3) is 0 Å². The largest absolute Gasteiger partial charge is 0.467 e. The number of rotatable bonds is 4. The summed E-state index contributed by atoms with van der Waals surface area (Å²) in [5, 5.41) is 11.3. The van der Waals surface area contributed by atoms with E-state index in [1.54, 1.807) is 4.90 Å². The van der Waals surface area contributed by atoms with Crippen molar-refractivity contribution in [3.63, 3.8) is 0 Å². The van der Waals surface area contributed by atoms with Crippen LogP contribution in [0.25, 0.3) is 0 Å². The molecule has 5 nitrogen and oxygen atoms in total. The van der Waals surface area contributed by atoms with E-state index in [0.717, 1.165) is 31.2 Å². The summed E-state index contributed by atoms with van der Waals surface area (Å²) in [5.74, 6) is -0.537. The van der Waals surface area contributed by atoms with Crippen molar-refractivity contribution in [1.82, 2.24) is 4.90 Å². The molecule has 1 aromatic carbocycles. The molecular formula is C23H33NO4. The second-order valence-electron chi connectivity index (χ2n) is 9.36. The minimum Gasteiger partial charge on any atom is -0.467 e. The summed E-state index contributed by atoms with van der Waals surface area (Å²) in [6, 6.07) is 8.24. The summed E-state index contributed by atoms with van der Waals surface area (Å²) < 4.78 is 5.10. The zero-order valence-electron chi connectivity index (χ0n) is 17.4. The van der Waals surface area contributed by atoms with Gasteiger partial charge in [-0.2, -0.15) is 0 Å². The molecule has 1 amide bonds. The van der Waals surface area contributed by atoms with Crippen LogP contribution in [0.2, 0.25) is 0 Å². The van der Waals surface area contributed by atoms with Crippen LogP contribution < -0.4 is 0 Å². The van der Waals surface area contributed by atoms with Crippen molar-refractivity contribution in [3.8, 4) is 0 Å². The summed E-state index contributed by atoms with van der Waals surface area (Å²) in [7, 11) is 1.35. The predicted molar refractivity (Wildman–Crippen MR) is 107 cm³/mol. The normalized spacial score (nSPS) is 28.5. The number of likely N-dealkylation sites (tertiary alicyclic amines) is 1. The Hall–Kier alpha value is -1.88. The molecule has 2 aliphatic rings. The lowest BCUT2D eigenvalue weighted by Gasteiger charge is -2.34. The lowest BCUT2D eigenvalue weighted by molar-refractivity contribution is -0.155. The van der Waals surface area contributed by atoms with E-state index in [2.05, 4.69) is 0 Å². The topological polar surface area (TPSA) is 66.8 Å². The van der Waals surface area contributed by atoms with Gasteiger partial charge in [-0.1, -0.05) is 63.9 Å². The lowest BCUT2D eigenvalue weighted by Crippen LogP contribution is -2.47. The number of ether oxygens (including phenoxy) is 1. The molecule has 0 aromatic heterocycles. The number of carbonyl (C=O) groups is 2. The van der Waals surface area contributed by atoms with Gasteiger partial charge in [-0.3, -0.25) is 4.79 Å². The van der Waals surface area contributed by atoms with Crippen LogP contribution in [-0.2, 0) is 14.3 Å². The van der Waals surface area contributed by atoms with Gasteiger partial charge >= 0.3 is 5.97 Å². The van der Waals surface area contributed by atoms with Gasteiger partial charge in [0.2, 0.25) is 5.91 Å². The van der Waals surface area contributed by atoms with Crippen LogP contribution >= 0.6 is 0 Å². The molecule has 1 saturated heterocycles. The number of amides is 1. The molecule has 1 aromatic rings. The van der Waals surface area contributed by atoms with Gasteiger partial charge in [0.1, 0.15) is 6.04 Å². The first kappa shape index (κ1) is 20.8. The van der Waals surface area contributed by atoms with E-state index in [9.17, 15) is 14.7 Å². The first-order valence-electron chi connectivity index (χ1n) is 10.4. The average molecular weight is 388 g/mol. The lowest BCUT2D eigenvalue weighted by atomic mass is 9.74. The fourth-order valence-electron chi connectivity index (χ4n) is 5.15. The number of hydrogen-bond donors (Lipinski definition) is 1. The Labute approximate surface area is 168 Å². The van der Waals surface area contributed by atoms with Crippen molar-refractivity contribution >= 4 is 11.9 Å². The average Bonchev–Trinajstić information content (AvgIpc) is 3.26. The maximum atomic E-state index is 13.4. The van der Waals surface area contributed by atoms with Crippen molar-refractivity contribution in [2.75, 3.05) is 7.11 Å². The number of methoxy groups -OCH3 is 1. The molecule has 0 radical (unpaired) electrons. The van der Waals surface area contributed by atoms with Gasteiger partial charge in [-0.25, -0.2) is 4.79 Å². The van der Waals surface area contributed by atoms with Crippen molar-refractivity contribution in [2.45, 2.75) is 71.1 Å². The zero-order valence-corrected chi connectivity index (χ0v) is 17.4. The predicted octanol–water partition coefficient (Wildman–Crippen LogP) is 3.72. The maximum absolute atomic E-state index is 13.4. The number of esters is 1. The third kappa shape index (κ3) is 3.95. The molecule has 1 aliphatic carbocycles. The highest BCUT2D eigenvalue weighted by Gasteiger charge is 2.57. The van der Waals surface area contributed by atoms with E-state index in [1.807, 2.05) is 51.1 Å². The second-order valence-corrected chi connectivity index (χ2v) is 9.36. The fraction of sp³-hybridized carbons (Fsp3) is 0.652. The van der Waals surface area contributed by atoms with Gasteiger partial charge in [0.05, 0.1) is 19.3 Å². The number of aliphatic hydroxyl groups excluding tert-OH is 1. The van der Waals surface area contributed by atoms with Gasteiger partial charge < -0.3 is 14.7 Å². The molecule has 0 spiro atoms. The molecule has 1 saturated carbocycles. The molecule has 3 rings (SSSR count). The van der Waals surface area contributed by atoms with Gasteiger partial charge in [-0.05, 0) is 29.7 Å². The maximum Gasteiger partial charge on any atom is 0.329 e. The first-order valence-corrected chi connectivity index (χ1v) is 10.4. The number of hydrogen-bond acceptors (Lipinski definition) is 4. The van der Waals surface area contributed by atoms with Crippen molar-refractivity contribution in [1.29, 1.82) is 0 Å². The Bertz CT molecular complexity index is 690. The highest BCUT2D eigenvalue weighted by Crippen LogP contribution is 2.48. The molecule has 5 heteroatoms. The quantitative estimate of drug-likeness (QED) is 0.800. The second kappa shape index (κ2) is 8.24. The summed E-state index contributed by atoms with van der Waals surface area (Å²) in [5.41, 5.74) is 0.490. The zero-order chi connectivity index (χ0) is 20.5. The molecule has 4 atom stereocenters. The Morgan fingerprint density at radius 1 is 1.14 bits per heavy atom. The van der Waals surface area contributed by atoms with Crippen LogP contribution in [-0.4, -0.2) is 41.1 Å². The van der Waals surface area contributed by atoms with E-state index in [4.69, 9.17) is 4.74 Å². The molecule has 1 unspecified atom stereocenters. The molecule has 1 heterocycles. The summed E-state index contributed by atoms with van der Waals surface area (Å²) in [6.45, 7) is 6.01. The summed E-state index contributed by atoms with van der Waals surface area (Å²) in [4.78, 5) is 27.9. The van der Waals surface area contributed by atoms with Crippen molar-refractivity contribution in [3.05, 3.63) is 35.9 Å². The smallest absolute Gasteiger partial charge is 0.329 e. The van der Waals surface area contributed by atoms with Crippen LogP contribution in [0.1, 0.15) is 64.5 Å². The molecule has 0 bridgehead atoms. The highest BCUT2D eigenvalue weighted by molar-refractivity contribution is 5.86. The first-order chi connectivity index (χ1) is 13.3. The third-order valence-electron chi connectivity index (χ3n) is 6.44. The fourth-order valence-corrected chi connectivity index (χ4v) is 5.15.